The molecule has 0 saturated heterocycles. The number of nitrogens with zero attached hydrogens (tertiary/aromatic N) is 3. The molecule has 0 spiro atoms. The summed E-state index contributed by atoms with van der Waals surface area (Å²) in [6, 6.07) is 23.8. The molecule has 2 heterocycles. The van der Waals surface area contributed by atoms with E-state index in [0.717, 1.165) is 58.7 Å². The van der Waals surface area contributed by atoms with E-state index in [4.69, 9.17) is 25.4 Å². The summed E-state index contributed by atoms with van der Waals surface area (Å²) in [7, 11) is 1.79. The van der Waals surface area contributed by atoms with Gasteiger partial charge in [-0.05, 0) is 48.9 Å². The van der Waals surface area contributed by atoms with E-state index in [1.807, 2.05) is 79.0 Å². The first kappa shape index (κ1) is 25.7. The molecule has 3 aromatic carbocycles. The predicted octanol–water partition coefficient (Wildman–Crippen LogP) is 4.57. The lowest BCUT2D eigenvalue weighted by atomic mass is 10.1. The molecular weight excluding hydrogens is 468 g/mol. The topological polar surface area (TPSA) is 112 Å². The van der Waals surface area contributed by atoms with Crippen LogP contribution in [0.2, 0.25) is 0 Å². The minimum Gasteiger partial charge on any atom is -0.489 e. The Morgan fingerprint density at radius 2 is 1.73 bits per heavy atom. The van der Waals surface area contributed by atoms with Gasteiger partial charge < -0.3 is 24.7 Å². The smallest absolute Gasteiger partial charge is 0.300 e. The van der Waals surface area contributed by atoms with Gasteiger partial charge in [0.15, 0.2) is 0 Å². The van der Waals surface area contributed by atoms with Gasteiger partial charge in [0, 0.05) is 43.2 Å². The van der Waals surface area contributed by atoms with Gasteiger partial charge >= 0.3 is 0 Å². The Balaban J connectivity index is 0.000000747. The van der Waals surface area contributed by atoms with Crippen LogP contribution in [-0.2, 0) is 25.0 Å². The third-order valence-electron chi connectivity index (χ3n) is 5.94. The van der Waals surface area contributed by atoms with Crippen LogP contribution in [-0.4, -0.2) is 31.7 Å². The van der Waals surface area contributed by atoms with Crippen molar-refractivity contribution in [1.29, 1.82) is 0 Å². The second-order valence-corrected chi connectivity index (χ2v) is 8.66. The molecule has 0 aliphatic carbocycles. The van der Waals surface area contributed by atoms with Crippen molar-refractivity contribution in [2.24, 2.45) is 12.8 Å². The van der Waals surface area contributed by atoms with Gasteiger partial charge in [0.05, 0.1) is 11.0 Å². The third-order valence-corrected chi connectivity index (χ3v) is 5.94. The van der Waals surface area contributed by atoms with Crippen LogP contribution >= 0.6 is 0 Å². The monoisotopic (exact) mass is 498 g/mol. The highest BCUT2D eigenvalue weighted by molar-refractivity contribution is 5.96. The van der Waals surface area contributed by atoms with Crippen LogP contribution in [0.25, 0.3) is 33.2 Å². The first-order chi connectivity index (χ1) is 17.9. The summed E-state index contributed by atoms with van der Waals surface area (Å²) in [6.07, 6.45) is 2.86. The second kappa shape index (κ2) is 11.5. The average Bonchev–Trinajstić information content (AvgIpc) is 3.26. The maximum atomic E-state index is 13.3. The van der Waals surface area contributed by atoms with Crippen LogP contribution in [0.4, 0.5) is 0 Å². The summed E-state index contributed by atoms with van der Waals surface area (Å²) in [5, 5.41) is 8.36. The summed E-state index contributed by atoms with van der Waals surface area (Å²) in [5.74, 6) is -0.0817. The van der Waals surface area contributed by atoms with E-state index in [-0.39, 0.29) is 5.56 Å². The van der Waals surface area contributed by atoms with E-state index in [1.165, 1.54) is 0 Å². The maximum absolute atomic E-state index is 13.3. The number of aliphatic carboxylic acids is 1. The predicted molar refractivity (Wildman–Crippen MR) is 146 cm³/mol. The fourth-order valence-corrected chi connectivity index (χ4v) is 4.20. The average molecular weight is 499 g/mol. The zero-order chi connectivity index (χ0) is 26.4. The highest BCUT2D eigenvalue weighted by Crippen LogP contribution is 2.32. The van der Waals surface area contributed by atoms with E-state index >= 15 is 0 Å². The number of ether oxygens (including phenoxy) is 1. The van der Waals surface area contributed by atoms with E-state index in [1.54, 1.807) is 11.6 Å². The van der Waals surface area contributed by atoms with E-state index in [2.05, 4.69) is 4.57 Å². The number of fused-ring (bicyclic) bond motifs is 2. The van der Waals surface area contributed by atoms with Gasteiger partial charge in [0.2, 0.25) is 0 Å². The molecule has 190 valence electrons. The fraction of sp³-hybridized carbons (Fsp3) is 0.207. The third kappa shape index (κ3) is 5.87. The van der Waals surface area contributed by atoms with Crippen LogP contribution < -0.4 is 16.0 Å². The summed E-state index contributed by atoms with van der Waals surface area (Å²) in [4.78, 5) is 27.0. The minimum atomic E-state index is -0.833. The Morgan fingerprint density at radius 1 is 1.03 bits per heavy atom. The number of carboxylic acids is 1. The van der Waals surface area contributed by atoms with Crippen LogP contribution in [0, 0.1) is 0 Å². The first-order valence-electron chi connectivity index (χ1n) is 12.0. The van der Waals surface area contributed by atoms with Crippen molar-refractivity contribution < 1.29 is 14.6 Å². The number of para-hydroxylation sites is 2. The molecular formula is C29H30N4O4. The molecule has 5 aromatic rings. The molecule has 0 aliphatic rings. The molecule has 37 heavy (non-hydrogen) atoms. The van der Waals surface area contributed by atoms with Crippen molar-refractivity contribution in [1.82, 2.24) is 14.1 Å². The number of hydrogen-bond acceptors (Lipinski definition) is 5. The van der Waals surface area contributed by atoms with Crippen molar-refractivity contribution in [3.8, 4) is 17.0 Å². The van der Waals surface area contributed by atoms with Crippen molar-refractivity contribution in [3.63, 3.8) is 0 Å². The Bertz CT molecular complexity index is 1580. The zero-order valence-electron chi connectivity index (χ0n) is 20.9. The fourth-order valence-electron chi connectivity index (χ4n) is 4.20. The van der Waals surface area contributed by atoms with Crippen LogP contribution in [0.15, 0.2) is 83.8 Å². The summed E-state index contributed by atoms with van der Waals surface area (Å²) < 4.78 is 9.88. The first-order valence-corrected chi connectivity index (χ1v) is 12.0. The van der Waals surface area contributed by atoms with Gasteiger partial charge in [-0.15, -0.1) is 0 Å². The lowest BCUT2D eigenvalue weighted by molar-refractivity contribution is -0.134. The lowest BCUT2D eigenvalue weighted by Crippen LogP contribution is -2.20. The van der Waals surface area contributed by atoms with Crippen LogP contribution in [0.3, 0.4) is 0 Å². The number of rotatable bonds is 7. The van der Waals surface area contributed by atoms with Crippen molar-refractivity contribution >= 4 is 27.9 Å². The maximum Gasteiger partial charge on any atom is 0.300 e. The van der Waals surface area contributed by atoms with Crippen molar-refractivity contribution in [2.45, 2.75) is 26.5 Å². The normalized spacial score (nSPS) is 10.8. The molecule has 8 nitrogen and oxygen atoms in total. The molecule has 0 bridgehead atoms. The molecule has 0 amide bonds. The highest BCUT2D eigenvalue weighted by Gasteiger charge is 2.17. The molecule has 3 N–H and O–H groups in total. The number of aromatic nitrogens is 3. The van der Waals surface area contributed by atoms with E-state index < -0.39 is 5.97 Å². The molecule has 0 fully saturated rings. The van der Waals surface area contributed by atoms with Crippen molar-refractivity contribution in [3.05, 3.63) is 94.9 Å². The van der Waals surface area contributed by atoms with Crippen LogP contribution in [0.5, 0.6) is 5.75 Å². The molecule has 0 atom stereocenters. The quantitative estimate of drug-likeness (QED) is 0.340. The van der Waals surface area contributed by atoms with Gasteiger partial charge in [-0.25, -0.2) is 4.98 Å². The Labute approximate surface area is 214 Å². The van der Waals surface area contributed by atoms with Crippen LogP contribution in [0.1, 0.15) is 18.9 Å². The standard InChI is InChI=1S/C27H26N4O2.C2H4O2/c1-30-25-11-6-5-10-23(25)29-26(27(30)32)22-17-31(15-7-14-28)24-13-12-20(16-21(22)24)33-18-19-8-3-2-4-9-19;1-2(3)4/h2-6,8-13,16-17H,7,14-15,18,28H2,1H3;1H3,(H,3,4). The number of aryl methyl sites for hydroxylation is 2. The molecule has 8 heteroatoms. The van der Waals surface area contributed by atoms with Gasteiger partial charge in [-0.3, -0.25) is 9.59 Å². The molecule has 0 aliphatic heterocycles. The Hall–Kier alpha value is -4.43. The van der Waals surface area contributed by atoms with Gasteiger partial charge in [0.25, 0.3) is 11.5 Å². The van der Waals surface area contributed by atoms with Gasteiger partial charge in [-0.1, -0.05) is 42.5 Å². The summed E-state index contributed by atoms with van der Waals surface area (Å²) in [5.41, 5.74) is 10.6. The Kier molecular flexibility index (Phi) is 8.00. The molecule has 0 unspecified atom stereocenters. The molecule has 0 radical (unpaired) electrons. The number of nitrogens with two attached hydrogens (primary N) is 1. The summed E-state index contributed by atoms with van der Waals surface area (Å²) in [6.45, 7) is 2.93. The zero-order valence-corrected chi connectivity index (χ0v) is 20.9. The number of hydrogen-bond donors (Lipinski definition) is 2. The minimum absolute atomic E-state index is 0.123. The SMILES string of the molecule is CC(=O)O.Cn1c(=O)c(-c2cn(CCCN)c3ccc(OCc4ccccc4)cc23)nc2ccccc21. The lowest BCUT2D eigenvalue weighted by Gasteiger charge is -2.09. The molecule has 2 aromatic heterocycles. The molecule has 5 rings (SSSR count). The van der Waals surface area contributed by atoms with E-state index in [0.29, 0.717) is 18.8 Å². The van der Waals surface area contributed by atoms with Gasteiger partial charge in [0.1, 0.15) is 18.1 Å². The van der Waals surface area contributed by atoms with E-state index in [9.17, 15) is 4.79 Å². The highest BCUT2D eigenvalue weighted by atomic mass is 16.5. The number of carboxylic acid groups (broad SMARTS) is 1. The van der Waals surface area contributed by atoms with Gasteiger partial charge in [-0.2, -0.15) is 0 Å². The molecule has 0 saturated carbocycles. The van der Waals surface area contributed by atoms with Crippen molar-refractivity contribution in [2.75, 3.05) is 6.54 Å². The number of benzene rings is 3. The number of carbonyl (C=O) groups is 1. The Morgan fingerprint density at radius 3 is 2.46 bits per heavy atom. The largest absolute Gasteiger partial charge is 0.489 e. The second-order valence-electron chi connectivity index (χ2n) is 8.66. The summed E-state index contributed by atoms with van der Waals surface area (Å²) >= 11 is 0.